The number of hydrogen-bond donors (Lipinski definition) is 3. The first kappa shape index (κ1) is 15.6. The summed E-state index contributed by atoms with van der Waals surface area (Å²) in [6.07, 6.45) is 0. The largest absolute Gasteiger partial charge is 1.00 e. The van der Waals surface area contributed by atoms with Gasteiger partial charge in [-0.25, -0.2) is 0 Å². The van der Waals surface area contributed by atoms with E-state index in [0.717, 1.165) is 0 Å². The van der Waals surface area contributed by atoms with Gasteiger partial charge in [0.2, 0.25) is 0 Å². The summed E-state index contributed by atoms with van der Waals surface area (Å²) in [5.74, 6) is -0.333. The summed E-state index contributed by atoms with van der Waals surface area (Å²) in [7, 11) is 0. The predicted molar refractivity (Wildman–Crippen MR) is 16.1 cm³/mol. The maximum atomic E-state index is 6.06. The zero-order valence-corrected chi connectivity index (χ0v) is 10.6. The topological polar surface area (TPSA) is 75.9 Å². The number of rotatable bonds is 0. The first-order chi connectivity index (χ1) is 1.73. The fourth-order valence-electron chi connectivity index (χ4n) is 0. The molecule has 32 valence electrons. The Morgan fingerprint density at radius 3 is 1.33 bits per heavy atom. The van der Waals surface area contributed by atoms with Crippen molar-refractivity contribution >= 4 is 5.96 Å². The van der Waals surface area contributed by atoms with Gasteiger partial charge in [0.05, 0.1) is 0 Å². The van der Waals surface area contributed by atoms with Gasteiger partial charge in [-0.15, -0.1) is 0 Å². The van der Waals surface area contributed by atoms with Crippen LogP contribution >= 0.6 is 0 Å². The van der Waals surface area contributed by atoms with Crippen molar-refractivity contribution in [3.8, 4) is 0 Å². The number of nitrogens with two attached hydrogens (primary N) is 2. The second-order valence-corrected chi connectivity index (χ2v) is 0.455. The average Bonchev–Trinajstić information content (AvgIpc) is 0.811. The van der Waals surface area contributed by atoms with E-state index in [0.29, 0.717) is 0 Å². The summed E-state index contributed by atoms with van der Waals surface area (Å²) in [6, 6.07) is 0. The van der Waals surface area contributed by atoms with Crippen molar-refractivity contribution in [2.24, 2.45) is 11.5 Å². The summed E-state index contributed by atoms with van der Waals surface area (Å²) in [5.41, 5.74) is 8.94. The molecule has 0 aromatic carbocycles. The third-order valence-electron chi connectivity index (χ3n) is 0. The van der Waals surface area contributed by atoms with E-state index >= 15 is 0 Å². The molecule has 0 saturated carbocycles. The molecule has 0 bridgehead atoms. The van der Waals surface area contributed by atoms with Crippen molar-refractivity contribution in [1.29, 1.82) is 5.41 Å². The van der Waals surface area contributed by atoms with Gasteiger partial charge in [0.1, 0.15) is 0 Å². The molecule has 0 aliphatic heterocycles. The van der Waals surface area contributed by atoms with Gasteiger partial charge < -0.3 is 23.9 Å². The Morgan fingerprint density at radius 2 is 1.33 bits per heavy atom. The quantitative estimate of drug-likeness (QED) is 0.284. The van der Waals surface area contributed by atoms with Gasteiger partial charge in [0.25, 0.3) is 0 Å². The van der Waals surface area contributed by atoms with Crippen LogP contribution in [0.25, 0.3) is 0 Å². The molecule has 0 amide bonds. The van der Waals surface area contributed by atoms with E-state index in [1.54, 1.807) is 0 Å². The number of hydrogen-bond acceptors (Lipinski definition) is 1. The summed E-state index contributed by atoms with van der Waals surface area (Å²) in [6.45, 7) is 0. The minimum atomic E-state index is -0.333. The summed E-state index contributed by atoms with van der Waals surface area (Å²) < 4.78 is 0. The predicted octanol–water partition coefficient (Wildman–Crippen LogP) is -7.15. The number of halogens is 1. The van der Waals surface area contributed by atoms with E-state index in [4.69, 9.17) is 5.41 Å². The Balaban J connectivity index is -0.0000000450. The molecule has 0 atom stereocenters. The van der Waals surface area contributed by atoms with Gasteiger partial charge in [0.15, 0.2) is 5.96 Å². The summed E-state index contributed by atoms with van der Waals surface area (Å²) >= 11 is 0. The average molecular weight is 227 g/mol. The monoisotopic (exact) mass is 227 g/mol. The van der Waals surface area contributed by atoms with E-state index in [-0.39, 0.29) is 87.3 Å². The molecule has 0 unspecified atom stereocenters. The van der Waals surface area contributed by atoms with Crippen LogP contribution in [0.15, 0.2) is 0 Å². The van der Waals surface area contributed by atoms with Crippen molar-refractivity contribution in [2.75, 3.05) is 0 Å². The van der Waals surface area contributed by atoms with E-state index in [2.05, 4.69) is 11.5 Å². The molecule has 0 saturated heterocycles. The van der Waals surface area contributed by atoms with Crippen LogP contribution in [0.5, 0.6) is 0 Å². The van der Waals surface area contributed by atoms with Crippen LogP contribution in [0.1, 0.15) is 0 Å². The first-order valence-electron chi connectivity index (χ1n) is 0.827. The van der Waals surface area contributed by atoms with Gasteiger partial charge >= 0.3 is 68.9 Å². The fourth-order valence-corrected chi connectivity index (χ4v) is 0. The second-order valence-electron chi connectivity index (χ2n) is 0.455. The van der Waals surface area contributed by atoms with Crippen molar-refractivity contribution in [3.63, 3.8) is 0 Å². The molecule has 0 aliphatic carbocycles. The third-order valence-corrected chi connectivity index (χ3v) is 0. The normalized spacial score (nSPS) is 4.00. The van der Waals surface area contributed by atoms with E-state index in [9.17, 15) is 0 Å². The molecular formula is CH5ClCsN3. The first-order valence-corrected chi connectivity index (χ1v) is 0.827. The molecule has 0 rings (SSSR count). The van der Waals surface area contributed by atoms with Gasteiger partial charge in [-0.2, -0.15) is 0 Å². The molecule has 0 spiro atoms. The Morgan fingerprint density at radius 1 is 1.33 bits per heavy atom. The molecule has 6 heavy (non-hydrogen) atoms. The van der Waals surface area contributed by atoms with Crippen LogP contribution in [0.2, 0.25) is 0 Å². The van der Waals surface area contributed by atoms with Crippen molar-refractivity contribution < 1.29 is 81.3 Å². The maximum absolute atomic E-state index is 6.06. The Hall–Kier alpha value is 1.61. The Bertz CT molecular complexity index is 33.8. The van der Waals surface area contributed by atoms with Gasteiger partial charge in [-0.3, -0.25) is 5.41 Å². The van der Waals surface area contributed by atoms with Gasteiger partial charge in [-0.05, 0) is 0 Å². The van der Waals surface area contributed by atoms with Crippen molar-refractivity contribution in [2.45, 2.75) is 0 Å². The minimum absolute atomic E-state index is 0. The molecule has 0 fully saturated rings. The van der Waals surface area contributed by atoms with Crippen LogP contribution in [0, 0.1) is 5.41 Å². The van der Waals surface area contributed by atoms with E-state index in [1.807, 2.05) is 0 Å². The smallest absolute Gasteiger partial charge is 1.00 e. The SMILES string of the molecule is N=C(N)N.[Cl-].[Cs+]. The van der Waals surface area contributed by atoms with Gasteiger partial charge in [0, 0.05) is 0 Å². The molecular weight excluding hydrogens is 222 g/mol. The molecule has 0 radical (unpaired) electrons. The summed E-state index contributed by atoms with van der Waals surface area (Å²) in [5, 5.41) is 6.06. The molecule has 3 nitrogen and oxygen atoms in total. The van der Waals surface area contributed by atoms with Crippen LogP contribution in [0.4, 0.5) is 0 Å². The van der Waals surface area contributed by atoms with Crippen LogP contribution in [-0.4, -0.2) is 5.96 Å². The molecule has 5 N–H and O–H groups in total. The molecule has 0 aromatic rings. The zero-order chi connectivity index (χ0) is 3.58. The van der Waals surface area contributed by atoms with Gasteiger partial charge in [-0.1, -0.05) is 0 Å². The fraction of sp³-hybridized carbons (Fsp3) is 0. The third kappa shape index (κ3) is 45.9. The maximum Gasteiger partial charge on any atom is 1.00 e. The number of guanidine groups is 1. The zero-order valence-electron chi connectivity index (χ0n) is 3.53. The molecule has 0 aromatic heterocycles. The van der Waals surface area contributed by atoms with E-state index in [1.165, 1.54) is 0 Å². The number of nitrogens with one attached hydrogen (secondary N) is 1. The van der Waals surface area contributed by atoms with Crippen LogP contribution < -0.4 is 92.8 Å². The minimum Gasteiger partial charge on any atom is -1.00 e. The van der Waals surface area contributed by atoms with E-state index < -0.39 is 0 Å². The Kier molecular flexibility index (Phi) is 25.5. The standard InChI is InChI=1S/CH5N3.ClH.Cs/c2-1(3)4;;/h(H5,2,3,4);1H;/q;;+1/p-1. The molecule has 5 heteroatoms. The molecule has 0 aliphatic rings. The Labute approximate surface area is 102 Å². The van der Waals surface area contributed by atoms with Crippen molar-refractivity contribution in [1.82, 2.24) is 0 Å². The molecule has 0 heterocycles. The van der Waals surface area contributed by atoms with Crippen LogP contribution in [0.3, 0.4) is 0 Å². The second kappa shape index (κ2) is 9.79. The van der Waals surface area contributed by atoms with Crippen molar-refractivity contribution in [3.05, 3.63) is 0 Å². The summed E-state index contributed by atoms with van der Waals surface area (Å²) in [4.78, 5) is 0. The van der Waals surface area contributed by atoms with Crippen LogP contribution in [-0.2, 0) is 0 Å².